The van der Waals surface area contributed by atoms with Crippen molar-refractivity contribution in [2.24, 2.45) is 5.73 Å². The lowest BCUT2D eigenvalue weighted by atomic mass is 10.3. The Hall–Kier alpha value is -0.420. The molecule has 0 radical (unpaired) electrons. The number of halogens is 2. The van der Waals surface area contributed by atoms with Crippen LogP contribution in [0.5, 0.6) is 0 Å². The van der Waals surface area contributed by atoms with Gasteiger partial charge in [-0.1, -0.05) is 0 Å². The minimum atomic E-state index is -0.442. The van der Waals surface area contributed by atoms with Gasteiger partial charge in [-0.05, 0) is 12.1 Å². The third kappa shape index (κ3) is 4.10. The normalized spacial score (nSPS) is 7.27. The van der Waals surface area contributed by atoms with Gasteiger partial charge >= 0.3 is 0 Å². The summed E-state index contributed by atoms with van der Waals surface area (Å²) in [6.45, 7) is 0. The number of amides is 1. The van der Waals surface area contributed by atoms with E-state index in [2.05, 4.69) is 4.98 Å². The van der Waals surface area contributed by atoms with Crippen molar-refractivity contribution < 1.29 is 4.79 Å². The summed E-state index contributed by atoms with van der Waals surface area (Å²) in [4.78, 5) is 14.1. The smallest absolute Gasteiger partial charge is 0.250 e. The Kier molecular flexibility index (Phi) is 7.55. The SMILES string of the molecule is Br.Br.NC(=O)c1cccnc1. The van der Waals surface area contributed by atoms with E-state index in [1.54, 1.807) is 18.3 Å². The predicted molar refractivity (Wildman–Crippen MR) is 53.4 cm³/mol. The van der Waals surface area contributed by atoms with Gasteiger partial charge in [0, 0.05) is 12.4 Å². The summed E-state index contributed by atoms with van der Waals surface area (Å²) in [5.41, 5.74) is 5.38. The van der Waals surface area contributed by atoms with E-state index >= 15 is 0 Å². The molecule has 11 heavy (non-hydrogen) atoms. The molecule has 3 nitrogen and oxygen atoms in total. The summed E-state index contributed by atoms with van der Waals surface area (Å²) in [7, 11) is 0. The zero-order chi connectivity index (χ0) is 6.69. The molecule has 0 atom stereocenters. The summed E-state index contributed by atoms with van der Waals surface area (Å²) < 4.78 is 0. The third-order valence-corrected chi connectivity index (χ3v) is 0.946. The van der Waals surface area contributed by atoms with Crippen molar-refractivity contribution in [3.8, 4) is 0 Å². The van der Waals surface area contributed by atoms with Gasteiger partial charge < -0.3 is 5.73 Å². The number of rotatable bonds is 1. The highest BCUT2D eigenvalue weighted by Crippen LogP contribution is 1.91. The molecule has 0 unspecified atom stereocenters. The van der Waals surface area contributed by atoms with Gasteiger partial charge in [0.2, 0.25) is 5.91 Å². The first-order chi connectivity index (χ1) is 4.30. The molecule has 0 aliphatic rings. The van der Waals surface area contributed by atoms with E-state index in [0.717, 1.165) is 0 Å². The van der Waals surface area contributed by atoms with Crippen molar-refractivity contribution in [1.29, 1.82) is 0 Å². The van der Waals surface area contributed by atoms with Crippen LogP contribution in [0.25, 0.3) is 0 Å². The van der Waals surface area contributed by atoms with Crippen LogP contribution in [0.3, 0.4) is 0 Å². The largest absolute Gasteiger partial charge is 0.366 e. The number of nitrogens with zero attached hydrogens (tertiary/aromatic N) is 1. The highest BCUT2D eigenvalue weighted by atomic mass is 79.9. The van der Waals surface area contributed by atoms with E-state index < -0.39 is 5.91 Å². The Labute approximate surface area is 85.5 Å². The molecule has 0 bridgehead atoms. The third-order valence-electron chi connectivity index (χ3n) is 0.946. The lowest BCUT2D eigenvalue weighted by Gasteiger charge is -1.88. The number of nitrogens with two attached hydrogens (primary N) is 1. The number of carbonyl (C=O) groups is 1. The fourth-order valence-corrected chi connectivity index (χ4v) is 0.509. The van der Waals surface area contributed by atoms with Crippen LogP contribution in [0.1, 0.15) is 10.4 Å². The van der Waals surface area contributed by atoms with Crippen LogP contribution >= 0.6 is 34.0 Å². The molecule has 1 amide bonds. The van der Waals surface area contributed by atoms with Crippen LogP contribution in [-0.2, 0) is 0 Å². The van der Waals surface area contributed by atoms with Gasteiger partial charge in [0.05, 0.1) is 5.56 Å². The molecule has 0 aliphatic heterocycles. The predicted octanol–water partition coefficient (Wildman–Crippen LogP) is 1.34. The lowest BCUT2D eigenvalue weighted by molar-refractivity contribution is 0.1000. The maximum Gasteiger partial charge on any atom is 0.250 e. The second kappa shape index (κ2) is 6.30. The van der Waals surface area contributed by atoms with E-state index in [1.807, 2.05) is 0 Å². The summed E-state index contributed by atoms with van der Waals surface area (Å²) in [6.07, 6.45) is 3.02. The number of hydrogen-bond donors (Lipinski definition) is 1. The molecule has 0 spiro atoms. The molecular formula is C6H8Br2N2O. The Bertz CT molecular complexity index is 215. The van der Waals surface area contributed by atoms with E-state index in [9.17, 15) is 4.79 Å². The van der Waals surface area contributed by atoms with Gasteiger partial charge in [-0.15, -0.1) is 34.0 Å². The summed E-state index contributed by atoms with van der Waals surface area (Å²) >= 11 is 0. The molecule has 1 aromatic heterocycles. The van der Waals surface area contributed by atoms with Crippen molar-refractivity contribution in [1.82, 2.24) is 4.98 Å². The van der Waals surface area contributed by atoms with Crippen LogP contribution < -0.4 is 5.73 Å². The van der Waals surface area contributed by atoms with Gasteiger partial charge in [0.25, 0.3) is 0 Å². The Morgan fingerprint density at radius 1 is 1.45 bits per heavy atom. The number of aromatic nitrogens is 1. The van der Waals surface area contributed by atoms with E-state index in [4.69, 9.17) is 5.73 Å². The fourth-order valence-electron chi connectivity index (χ4n) is 0.509. The molecule has 62 valence electrons. The quantitative estimate of drug-likeness (QED) is 0.846. The molecule has 1 rings (SSSR count). The molecule has 1 heterocycles. The first-order valence-corrected chi connectivity index (χ1v) is 2.50. The summed E-state index contributed by atoms with van der Waals surface area (Å²) in [5, 5.41) is 0. The van der Waals surface area contributed by atoms with Gasteiger partial charge in [-0.25, -0.2) is 0 Å². The molecule has 2 N–H and O–H groups in total. The highest BCUT2D eigenvalue weighted by Gasteiger charge is 1.94. The van der Waals surface area contributed by atoms with Crippen molar-refractivity contribution in [2.45, 2.75) is 0 Å². The summed E-state index contributed by atoms with van der Waals surface area (Å²) in [5.74, 6) is -0.442. The number of primary amides is 1. The molecule has 0 aromatic carbocycles. The standard InChI is InChI=1S/C6H6N2O.2BrH/c7-6(9)5-2-1-3-8-4-5;;/h1-4H,(H2,7,9);2*1H. The number of carbonyl (C=O) groups excluding carboxylic acids is 1. The van der Waals surface area contributed by atoms with Crippen LogP contribution in [-0.4, -0.2) is 10.9 Å². The van der Waals surface area contributed by atoms with Crippen LogP contribution in [0.4, 0.5) is 0 Å². The Morgan fingerprint density at radius 2 is 2.09 bits per heavy atom. The van der Waals surface area contributed by atoms with E-state index in [1.165, 1.54) is 6.20 Å². The highest BCUT2D eigenvalue weighted by molar-refractivity contribution is 8.93. The van der Waals surface area contributed by atoms with Crippen molar-refractivity contribution in [3.05, 3.63) is 30.1 Å². The Morgan fingerprint density at radius 3 is 2.36 bits per heavy atom. The first kappa shape index (κ1) is 13.2. The topological polar surface area (TPSA) is 56.0 Å². The molecule has 0 saturated heterocycles. The second-order valence-electron chi connectivity index (χ2n) is 1.61. The van der Waals surface area contributed by atoms with E-state index in [-0.39, 0.29) is 34.0 Å². The number of pyridine rings is 1. The minimum Gasteiger partial charge on any atom is -0.366 e. The van der Waals surface area contributed by atoms with Crippen molar-refractivity contribution >= 4 is 39.9 Å². The minimum absolute atomic E-state index is 0. The molecule has 0 saturated carbocycles. The van der Waals surface area contributed by atoms with E-state index in [0.29, 0.717) is 5.56 Å². The second-order valence-corrected chi connectivity index (χ2v) is 1.61. The molecule has 1 aromatic rings. The molecule has 0 fully saturated rings. The average Bonchev–Trinajstić information content (AvgIpc) is 1.90. The van der Waals surface area contributed by atoms with Gasteiger partial charge in [0.15, 0.2) is 0 Å². The monoisotopic (exact) mass is 282 g/mol. The van der Waals surface area contributed by atoms with Gasteiger partial charge in [-0.3, -0.25) is 9.78 Å². The van der Waals surface area contributed by atoms with Gasteiger partial charge in [-0.2, -0.15) is 0 Å². The van der Waals surface area contributed by atoms with Crippen molar-refractivity contribution in [3.63, 3.8) is 0 Å². The Balaban J connectivity index is 0. The van der Waals surface area contributed by atoms with Crippen molar-refractivity contribution in [2.75, 3.05) is 0 Å². The molecule has 5 heteroatoms. The first-order valence-electron chi connectivity index (χ1n) is 2.50. The maximum absolute atomic E-state index is 10.4. The maximum atomic E-state index is 10.4. The lowest BCUT2D eigenvalue weighted by Crippen LogP contribution is -2.10. The summed E-state index contributed by atoms with van der Waals surface area (Å²) in [6, 6.07) is 3.29. The van der Waals surface area contributed by atoms with Crippen LogP contribution in [0.2, 0.25) is 0 Å². The zero-order valence-corrected chi connectivity index (χ0v) is 8.98. The number of hydrogen-bond acceptors (Lipinski definition) is 2. The molecular weight excluding hydrogens is 276 g/mol. The van der Waals surface area contributed by atoms with Crippen LogP contribution in [0, 0.1) is 0 Å². The van der Waals surface area contributed by atoms with Gasteiger partial charge in [0.1, 0.15) is 0 Å². The fraction of sp³-hybridized carbons (Fsp3) is 0. The average molecular weight is 284 g/mol. The zero-order valence-electron chi connectivity index (χ0n) is 5.56. The molecule has 0 aliphatic carbocycles. The van der Waals surface area contributed by atoms with Crippen LogP contribution in [0.15, 0.2) is 24.5 Å².